The smallest absolute Gasteiger partial charge is 0.328 e. The van der Waals surface area contributed by atoms with Gasteiger partial charge in [0, 0.05) is 13.3 Å². The van der Waals surface area contributed by atoms with Crippen LogP contribution in [0.3, 0.4) is 0 Å². The number of unbranched alkanes of at least 4 members (excludes halogenated alkanes) is 1. The van der Waals surface area contributed by atoms with Gasteiger partial charge in [-0.25, -0.2) is 4.79 Å². The number of nitrogens with one attached hydrogen (secondary N) is 1. The van der Waals surface area contributed by atoms with Crippen LogP contribution in [0, 0.1) is 12.3 Å². The minimum atomic E-state index is -0.578. The Bertz CT molecular complexity index is 242. The lowest BCUT2D eigenvalue weighted by molar-refractivity contribution is -0.145. The first-order valence-corrected chi connectivity index (χ1v) is 4.40. The fraction of sp³-hybridized carbons (Fsp3) is 0.600. The summed E-state index contributed by atoms with van der Waals surface area (Å²) in [5.41, 5.74) is 0. The van der Waals surface area contributed by atoms with Crippen molar-refractivity contribution in [2.75, 3.05) is 7.11 Å². The average molecular weight is 197 g/mol. The van der Waals surface area contributed by atoms with Crippen molar-refractivity contribution in [1.29, 1.82) is 0 Å². The first-order chi connectivity index (χ1) is 6.61. The van der Waals surface area contributed by atoms with E-state index in [9.17, 15) is 9.59 Å². The number of hydrogen-bond donors (Lipinski definition) is 1. The number of carbonyl (C=O) groups is 2. The number of methoxy groups -OCH3 is 1. The predicted octanol–water partition coefficient (Wildman–Crippen LogP) is 0.468. The van der Waals surface area contributed by atoms with E-state index < -0.39 is 12.0 Å². The molecule has 0 aromatic heterocycles. The molecule has 1 N–H and O–H groups in total. The molecule has 0 fully saturated rings. The highest BCUT2D eigenvalue weighted by atomic mass is 16.5. The summed E-state index contributed by atoms with van der Waals surface area (Å²) < 4.78 is 4.54. The summed E-state index contributed by atoms with van der Waals surface area (Å²) in [5, 5.41) is 2.51. The van der Waals surface area contributed by atoms with Gasteiger partial charge in [0.25, 0.3) is 0 Å². The molecule has 1 amide bonds. The molecule has 0 aliphatic carbocycles. The van der Waals surface area contributed by atoms with Gasteiger partial charge in [-0.1, -0.05) is 0 Å². The van der Waals surface area contributed by atoms with E-state index in [1.807, 2.05) is 0 Å². The van der Waals surface area contributed by atoms with Crippen LogP contribution in [0.5, 0.6) is 0 Å². The van der Waals surface area contributed by atoms with E-state index in [-0.39, 0.29) is 5.91 Å². The Morgan fingerprint density at radius 1 is 1.57 bits per heavy atom. The molecular formula is C10H15NO3. The van der Waals surface area contributed by atoms with Gasteiger partial charge in [-0.05, 0) is 12.8 Å². The zero-order chi connectivity index (χ0) is 11.0. The highest BCUT2D eigenvalue weighted by Gasteiger charge is 2.18. The Morgan fingerprint density at radius 3 is 2.64 bits per heavy atom. The lowest BCUT2D eigenvalue weighted by atomic mass is 10.1. The van der Waals surface area contributed by atoms with Crippen molar-refractivity contribution in [3.05, 3.63) is 0 Å². The Balaban J connectivity index is 4.05. The molecule has 0 spiro atoms. The summed E-state index contributed by atoms with van der Waals surface area (Å²) in [4.78, 5) is 21.9. The molecule has 0 rings (SSSR count). The summed E-state index contributed by atoms with van der Waals surface area (Å²) >= 11 is 0. The van der Waals surface area contributed by atoms with E-state index in [4.69, 9.17) is 6.42 Å². The third-order valence-electron chi connectivity index (χ3n) is 1.68. The quantitative estimate of drug-likeness (QED) is 0.396. The Morgan fingerprint density at radius 2 is 2.21 bits per heavy atom. The first-order valence-electron chi connectivity index (χ1n) is 4.40. The van der Waals surface area contributed by atoms with Crippen molar-refractivity contribution in [2.24, 2.45) is 0 Å². The second-order valence-electron chi connectivity index (χ2n) is 2.87. The Hall–Kier alpha value is -1.50. The molecule has 0 saturated carbocycles. The molecule has 14 heavy (non-hydrogen) atoms. The maximum atomic E-state index is 11.2. The van der Waals surface area contributed by atoms with Crippen LogP contribution in [-0.4, -0.2) is 25.0 Å². The minimum Gasteiger partial charge on any atom is -0.467 e. The number of carbonyl (C=O) groups excluding carboxylic acids is 2. The maximum absolute atomic E-state index is 11.2. The van der Waals surface area contributed by atoms with Crippen molar-refractivity contribution >= 4 is 11.9 Å². The van der Waals surface area contributed by atoms with Gasteiger partial charge in [0.05, 0.1) is 7.11 Å². The standard InChI is InChI=1S/C10H15NO3/c1-4-5-6-7-9(10(13)14-3)11-8(2)12/h1,9H,5-7H2,2-3H3,(H,11,12)/t9-/m1/s1. The summed E-state index contributed by atoms with van der Waals surface area (Å²) in [7, 11) is 1.29. The van der Waals surface area contributed by atoms with Gasteiger partial charge in [-0.2, -0.15) is 0 Å². The summed E-state index contributed by atoms with van der Waals surface area (Å²) in [5.74, 6) is 1.79. The topological polar surface area (TPSA) is 55.4 Å². The summed E-state index contributed by atoms with van der Waals surface area (Å²) in [6.07, 6.45) is 6.86. The van der Waals surface area contributed by atoms with E-state index in [1.165, 1.54) is 14.0 Å². The zero-order valence-corrected chi connectivity index (χ0v) is 8.50. The molecule has 1 atom stereocenters. The van der Waals surface area contributed by atoms with Crippen LogP contribution in [0.25, 0.3) is 0 Å². The number of hydrogen-bond acceptors (Lipinski definition) is 3. The molecule has 4 heteroatoms. The van der Waals surface area contributed by atoms with Gasteiger partial charge < -0.3 is 10.1 Å². The molecule has 0 bridgehead atoms. The maximum Gasteiger partial charge on any atom is 0.328 e. The average Bonchev–Trinajstić information content (AvgIpc) is 2.15. The van der Waals surface area contributed by atoms with Crippen LogP contribution in [0.1, 0.15) is 26.2 Å². The van der Waals surface area contributed by atoms with Gasteiger partial charge in [-0.3, -0.25) is 4.79 Å². The molecule has 4 nitrogen and oxygen atoms in total. The second kappa shape index (κ2) is 6.96. The SMILES string of the molecule is C#CCCC[C@@H](NC(C)=O)C(=O)OC. The molecule has 0 saturated heterocycles. The first kappa shape index (κ1) is 12.5. The molecular weight excluding hydrogens is 182 g/mol. The van der Waals surface area contributed by atoms with Gasteiger partial charge in [0.1, 0.15) is 6.04 Å². The van der Waals surface area contributed by atoms with Crippen molar-refractivity contribution in [3.63, 3.8) is 0 Å². The van der Waals surface area contributed by atoms with E-state index in [0.29, 0.717) is 19.3 Å². The zero-order valence-electron chi connectivity index (χ0n) is 8.50. The highest BCUT2D eigenvalue weighted by molar-refractivity contribution is 5.83. The van der Waals surface area contributed by atoms with Crippen molar-refractivity contribution in [1.82, 2.24) is 5.32 Å². The van der Waals surface area contributed by atoms with Crippen LogP contribution in [-0.2, 0) is 14.3 Å². The van der Waals surface area contributed by atoms with Crippen LogP contribution in [0.2, 0.25) is 0 Å². The molecule has 0 heterocycles. The van der Waals surface area contributed by atoms with E-state index in [2.05, 4.69) is 16.0 Å². The summed E-state index contributed by atoms with van der Waals surface area (Å²) in [6, 6.07) is -0.578. The van der Waals surface area contributed by atoms with Gasteiger partial charge in [-0.15, -0.1) is 12.3 Å². The van der Waals surface area contributed by atoms with Crippen LogP contribution >= 0.6 is 0 Å². The van der Waals surface area contributed by atoms with Crippen molar-refractivity contribution in [3.8, 4) is 12.3 Å². The molecule has 0 unspecified atom stereocenters. The number of amides is 1. The van der Waals surface area contributed by atoms with E-state index >= 15 is 0 Å². The molecule has 0 aromatic carbocycles. The predicted molar refractivity (Wildman–Crippen MR) is 52.3 cm³/mol. The molecule has 0 aromatic rings. The van der Waals surface area contributed by atoms with E-state index in [0.717, 1.165) is 0 Å². The molecule has 0 radical (unpaired) electrons. The highest BCUT2D eigenvalue weighted by Crippen LogP contribution is 2.02. The number of ether oxygens (including phenoxy) is 1. The second-order valence-corrected chi connectivity index (χ2v) is 2.87. The van der Waals surface area contributed by atoms with E-state index in [1.54, 1.807) is 0 Å². The van der Waals surface area contributed by atoms with Gasteiger partial charge >= 0.3 is 5.97 Å². The third kappa shape index (κ3) is 5.20. The van der Waals surface area contributed by atoms with Crippen molar-refractivity contribution < 1.29 is 14.3 Å². The Kier molecular flexibility index (Phi) is 6.21. The number of esters is 1. The Labute approximate surface area is 84.0 Å². The minimum absolute atomic E-state index is 0.249. The number of rotatable bonds is 5. The lowest BCUT2D eigenvalue weighted by Gasteiger charge is -2.14. The normalized spacial score (nSPS) is 11.2. The van der Waals surface area contributed by atoms with Crippen LogP contribution < -0.4 is 5.32 Å². The number of terminal acetylenes is 1. The van der Waals surface area contributed by atoms with Gasteiger partial charge in [0.2, 0.25) is 5.91 Å². The van der Waals surface area contributed by atoms with Crippen LogP contribution in [0.4, 0.5) is 0 Å². The summed E-state index contributed by atoms with van der Waals surface area (Å²) in [6.45, 7) is 1.36. The molecule has 0 aliphatic rings. The molecule has 78 valence electrons. The van der Waals surface area contributed by atoms with Gasteiger partial charge in [0.15, 0.2) is 0 Å². The van der Waals surface area contributed by atoms with Crippen molar-refractivity contribution in [2.45, 2.75) is 32.2 Å². The fourth-order valence-electron chi connectivity index (χ4n) is 1.04. The monoisotopic (exact) mass is 197 g/mol. The third-order valence-corrected chi connectivity index (χ3v) is 1.68. The molecule has 0 aliphatic heterocycles. The largest absolute Gasteiger partial charge is 0.467 e. The van der Waals surface area contributed by atoms with Crippen LogP contribution in [0.15, 0.2) is 0 Å². The lowest BCUT2D eigenvalue weighted by Crippen LogP contribution is -2.40. The fourth-order valence-corrected chi connectivity index (χ4v) is 1.04.